The summed E-state index contributed by atoms with van der Waals surface area (Å²) in [5.41, 5.74) is 10.5. The Balaban J connectivity index is 1.91. The van der Waals surface area contributed by atoms with Gasteiger partial charge in [-0.2, -0.15) is 0 Å². The average molecular weight is 340 g/mol. The minimum Gasteiger partial charge on any atom is -0.393 e. The van der Waals surface area contributed by atoms with Crippen LogP contribution in [0.15, 0.2) is 48.8 Å². The summed E-state index contributed by atoms with van der Waals surface area (Å²) in [7, 11) is 0. The van der Waals surface area contributed by atoms with Crippen LogP contribution in [0.2, 0.25) is 5.02 Å². The molecule has 0 bridgehead atoms. The summed E-state index contributed by atoms with van der Waals surface area (Å²) < 4.78 is 0. The third kappa shape index (κ3) is 3.26. The Morgan fingerprint density at radius 1 is 0.875 bits per heavy atom. The molecule has 6 heteroatoms. The number of aryl methyl sites for hydroxylation is 1. The standard InChI is InChI=1S/C18H18ClN5/c1-11-6-3-4-8-14(11)23-17-16(20)18(22-10-21-17)24-15-9-5-7-13(19)12(15)2/h3-10H,20H2,1-2H3,(H2,21,22,23,24). The fourth-order valence-electron chi connectivity index (χ4n) is 2.31. The van der Waals surface area contributed by atoms with E-state index in [0.29, 0.717) is 22.3 Å². The molecule has 0 amide bonds. The fraction of sp³-hybridized carbons (Fsp3) is 0.111. The number of nitrogen functional groups attached to an aromatic ring is 1. The van der Waals surface area contributed by atoms with Crippen molar-refractivity contribution in [3.05, 3.63) is 64.9 Å². The molecule has 0 unspecified atom stereocenters. The van der Waals surface area contributed by atoms with Crippen molar-refractivity contribution in [1.82, 2.24) is 9.97 Å². The van der Waals surface area contributed by atoms with E-state index in [-0.39, 0.29) is 0 Å². The number of para-hydroxylation sites is 1. The van der Waals surface area contributed by atoms with Gasteiger partial charge in [0.2, 0.25) is 0 Å². The molecule has 0 aliphatic rings. The lowest BCUT2D eigenvalue weighted by Crippen LogP contribution is -2.06. The van der Waals surface area contributed by atoms with Crippen LogP contribution in [0.3, 0.4) is 0 Å². The molecule has 0 atom stereocenters. The summed E-state index contributed by atoms with van der Waals surface area (Å²) in [5, 5.41) is 7.16. The van der Waals surface area contributed by atoms with Crippen LogP contribution in [0.1, 0.15) is 11.1 Å². The van der Waals surface area contributed by atoms with Gasteiger partial charge in [-0.1, -0.05) is 35.9 Å². The molecular formula is C18H18ClN5. The first-order chi connectivity index (χ1) is 11.6. The summed E-state index contributed by atoms with van der Waals surface area (Å²) in [5.74, 6) is 1.09. The van der Waals surface area contributed by atoms with Crippen molar-refractivity contribution in [3.63, 3.8) is 0 Å². The molecule has 3 aromatic rings. The van der Waals surface area contributed by atoms with Gasteiger partial charge in [-0.15, -0.1) is 0 Å². The van der Waals surface area contributed by atoms with Crippen molar-refractivity contribution in [3.8, 4) is 0 Å². The highest BCUT2D eigenvalue weighted by Gasteiger charge is 2.11. The van der Waals surface area contributed by atoms with Crippen molar-refractivity contribution in [2.24, 2.45) is 0 Å². The molecule has 24 heavy (non-hydrogen) atoms. The second-order valence-corrected chi connectivity index (χ2v) is 5.87. The van der Waals surface area contributed by atoms with Crippen LogP contribution < -0.4 is 16.4 Å². The Morgan fingerprint density at radius 3 is 2.21 bits per heavy atom. The van der Waals surface area contributed by atoms with Gasteiger partial charge in [0.15, 0.2) is 11.6 Å². The smallest absolute Gasteiger partial charge is 0.159 e. The van der Waals surface area contributed by atoms with E-state index < -0.39 is 0 Å². The predicted molar refractivity (Wildman–Crippen MR) is 100 cm³/mol. The van der Waals surface area contributed by atoms with Crippen molar-refractivity contribution >= 4 is 40.3 Å². The normalized spacial score (nSPS) is 10.5. The molecule has 0 aliphatic heterocycles. The van der Waals surface area contributed by atoms with E-state index >= 15 is 0 Å². The number of rotatable bonds is 4. The molecule has 0 spiro atoms. The van der Waals surface area contributed by atoms with E-state index in [9.17, 15) is 0 Å². The van der Waals surface area contributed by atoms with Gasteiger partial charge in [0.25, 0.3) is 0 Å². The Morgan fingerprint density at radius 2 is 1.50 bits per heavy atom. The van der Waals surface area contributed by atoms with Crippen LogP contribution in [-0.2, 0) is 0 Å². The van der Waals surface area contributed by atoms with Crippen LogP contribution in [0.25, 0.3) is 0 Å². The molecule has 0 aliphatic carbocycles. The molecule has 0 fully saturated rings. The van der Waals surface area contributed by atoms with Crippen LogP contribution in [-0.4, -0.2) is 9.97 Å². The molecule has 122 valence electrons. The van der Waals surface area contributed by atoms with Crippen LogP contribution >= 0.6 is 11.6 Å². The number of nitrogens with one attached hydrogen (secondary N) is 2. The Bertz CT molecular complexity index is 879. The van der Waals surface area contributed by atoms with E-state index in [1.807, 2.05) is 56.3 Å². The van der Waals surface area contributed by atoms with E-state index in [1.54, 1.807) is 0 Å². The molecule has 1 heterocycles. The SMILES string of the molecule is Cc1ccccc1Nc1ncnc(Nc2cccc(Cl)c2C)c1N. The van der Waals surface area contributed by atoms with E-state index in [1.165, 1.54) is 6.33 Å². The number of hydrogen-bond acceptors (Lipinski definition) is 5. The van der Waals surface area contributed by atoms with Gasteiger partial charge in [0, 0.05) is 16.4 Å². The molecule has 2 aromatic carbocycles. The van der Waals surface area contributed by atoms with E-state index in [0.717, 1.165) is 22.5 Å². The topological polar surface area (TPSA) is 75.9 Å². The summed E-state index contributed by atoms with van der Waals surface area (Å²) >= 11 is 6.16. The molecule has 0 saturated carbocycles. The van der Waals surface area contributed by atoms with Gasteiger partial charge in [-0.05, 0) is 43.2 Å². The third-order valence-corrected chi connectivity index (χ3v) is 4.21. The first-order valence-corrected chi connectivity index (χ1v) is 7.89. The lowest BCUT2D eigenvalue weighted by molar-refractivity contribution is 1.17. The van der Waals surface area contributed by atoms with Crippen molar-refractivity contribution in [2.75, 3.05) is 16.4 Å². The minimum atomic E-state index is 0.445. The van der Waals surface area contributed by atoms with Crippen molar-refractivity contribution in [2.45, 2.75) is 13.8 Å². The number of hydrogen-bond donors (Lipinski definition) is 3. The highest BCUT2D eigenvalue weighted by molar-refractivity contribution is 6.31. The largest absolute Gasteiger partial charge is 0.393 e. The van der Waals surface area contributed by atoms with E-state index in [4.69, 9.17) is 17.3 Å². The second kappa shape index (κ2) is 6.76. The molecule has 0 saturated heterocycles. The predicted octanol–water partition coefficient (Wildman–Crippen LogP) is 4.82. The molecule has 5 nitrogen and oxygen atoms in total. The van der Waals surface area contributed by atoms with Crippen LogP contribution in [0, 0.1) is 13.8 Å². The van der Waals surface area contributed by atoms with Crippen molar-refractivity contribution < 1.29 is 0 Å². The van der Waals surface area contributed by atoms with Crippen LogP contribution in [0.5, 0.6) is 0 Å². The fourth-order valence-corrected chi connectivity index (χ4v) is 2.48. The number of nitrogens with zero attached hydrogens (tertiary/aromatic N) is 2. The highest BCUT2D eigenvalue weighted by atomic mass is 35.5. The number of halogens is 1. The zero-order chi connectivity index (χ0) is 17.1. The highest BCUT2D eigenvalue weighted by Crippen LogP contribution is 2.31. The molecule has 3 rings (SSSR count). The molecule has 1 aromatic heterocycles. The third-order valence-electron chi connectivity index (χ3n) is 3.80. The number of anilines is 5. The first kappa shape index (κ1) is 16.1. The number of nitrogens with two attached hydrogens (primary N) is 1. The average Bonchev–Trinajstić information content (AvgIpc) is 2.57. The summed E-state index contributed by atoms with van der Waals surface area (Å²) in [6, 6.07) is 13.6. The molecular weight excluding hydrogens is 322 g/mol. The number of benzene rings is 2. The Hall–Kier alpha value is -2.79. The van der Waals surface area contributed by atoms with Crippen molar-refractivity contribution in [1.29, 1.82) is 0 Å². The summed E-state index contributed by atoms with van der Waals surface area (Å²) in [4.78, 5) is 8.48. The minimum absolute atomic E-state index is 0.445. The lowest BCUT2D eigenvalue weighted by Gasteiger charge is -2.15. The van der Waals surface area contributed by atoms with Gasteiger partial charge in [-0.3, -0.25) is 0 Å². The monoisotopic (exact) mass is 339 g/mol. The Kier molecular flexibility index (Phi) is 4.53. The summed E-state index contributed by atoms with van der Waals surface area (Å²) in [6.07, 6.45) is 1.47. The van der Waals surface area contributed by atoms with Gasteiger partial charge in [-0.25, -0.2) is 9.97 Å². The maximum absolute atomic E-state index is 6.23. The second-order valence-electron chi connectivity index (χ2n) is 5.46. The van der Waals surface area contributed by atoms with Gasteiger partial charge in [0.05, 0.1) is 0 Å². The number of aromatic nitrogens is 2. The molecule has 4 N–H and O–H groups in total. The zero-order valence-corrected chi connectivity index (χ0v) is 14.2. The van der Waals surface area contributed by atoms with Gasteiger partial charge in [0.1, 0.15) is 12.0 Å². The lowest BCUT2D eigenvalue weighted by atomic mass is 10.2. The zero-order valence-electron chi connectivity index (χ0n) is 13.5. The van der Waals surface area contributed by atoms with Crippen LogP contribution in [0.4, 0.5) is 28.7 Å². The van der Waals surface area contributed by atoms with Gasteiger partial charge >= 0.3 is 0 Å². The van der Waals surface area contributed by atoms with Gasteiger partial charge < -0.3 is 16.4 Å². The Labute approximate surface area is 145 Å². The first-order valence-electron chi connectivity index (χ1n) is 7.51. The molecule has 0 radical (unpaired) electrons. The maximum Gasteiger partial charge on any atom is 0.159 e. The maximum atomic E-state index is 6.23. The summed E-state index contributed by atoms with van der Waals surface area (Å²) in [6.45, 7) is 3.96. The van der Waals surface area contributed by atoms with E-state index in [2.05, 4.69) is 20.6 Å². The quantitative estimate of drug-likeness (QED) is 0.635.